The minimum absolute atomic E-state index is 0.841. The number of anilines is 1. The molecular formula is C17H19N3. The summed E-state index contributed by atoms with van der Waals surface area (Å²) in [6, 6.07) is 18.8. The second-order valence-corrected chi connectivity index (χ2v) is 4.92. The lowest BCUT2D eigenvalue weighted by Gasteiger charge is -2.10. The molecule has 3 heteroatoms. The first-order chi connectivity index (χ1) is 9.88. The minimum Gasteiger partial charge on any atom is -0.356 e. The van der Waals surface area contributed by atoms with E-state index >= 15 is 0 Å². The van der Waals surface area contributed by atoms with Crippen molar-refractivity contribution in [1.82, 2.24) is 9.55 Å². The van der Waals surface area contributed by atoms with Crippen molar-refractivity contribution < 1.29 is 0 Å². The van der Waals surface area contributed by atoms with Gasteiger partial charge in [-0.1, -0.05) is 49.4 Å². The Balaban J connectivity index is 2.01. The first-order valence-corrected chi connectivity index (χ1v) is 7.11. The molecule has 0 spiro atoms. The molecule has 2 aromatic carbocycles. The van der Waals surface area contributed by atoms with Crippen LogP contribution in [0.4, 0.5) is 5.95 Å². The van der Waals surface area contributed by atoms with E-state index in [1.165, 1.54) is 11.1 Å². The molecule has 0 atom stereocenters. The summed E-state index contributed by atoms with van der Waals surface area (Å²) in [7, 11) is 0. The van der Waals surface area contributed by atoms with E-state index in [4.69, 9.17) is 4.98 Å². The van der Waals surface area contributed by atoms with Gasteiger partial charge in [0.15, 0.2) is 0 Å². The van der Waals surface area contributed by atoms with E-state index in [-0.39, 0.29) is 0 Å². The van der Waals surface area contributed by atoms with Gasteiger partial charge in [-0.25, -0.2) is 4.98 Å². The number of benzene rings is 2. The van der Waals surface area contributed by atoms with E-state index in [0.717, 1.165) is 31.0 Å². The molecule has 0 bridgehead atoms. The summed E-state index contributed by atoms with van der Waals surface area (Å²) in [6.45, 7) is 3.95. The molecule has 0 radical (unpaired) electrons. The Labute approximate surface area is 119 Å². The molecule has 0 amide bonds. The maximum Gasteiger partial charge on any atom is 0.204 e. The van der Waals surface area contributed by atoms with Gasteiger partial charge in [0, 0.05) is 6.54 Å². The second-order valence-electron chi connectivity index (χ2n) is 4.92. The summed E-state index contributed by atoms with van der Waals surface area (Å²) in [6.07, 6.45) is 1.09. The van der Waals surface area contributed by atoms with Gasteiger partial charge in [0.25, 0.3) is 0 Å². The average molecular weight is 265 g/mol. The van der Waals surface area contributed by atoms with Gasteiger partial charge in [-0.3, -0.25) is 0 Å². The summed E-state index contributed by atoms with van der Waals surface area (Å²) < 4.78 is 2.25. The predicted octanol–water partition coefficient (Wildman–Crippen LogP) is 3.91. The monoisotopic (exact) mass is 265 g/mol. The van der Waals surface area contributed by atoms with Gasteiger partial charge in [0.2, 0.25) is 5.95 Å². The van der Waals surface area contributed by atoms with Crippen molar-refractivity contribution in [2.75, 3.05) is 11.9 Å². The largest absolute Gasteiger partial charge is 0.356 e. The summed E-state index contributed by atoms with van der Waals surface area (Å²) >= 11 is 0. The number of hydrogen-bond acceptors (Lipinski definition) is 2. The first kappa shape index (κ1) is 12.7. The third kappa shape index (κ3) is 2.52. The number of nitrogens with zero attached hydrogens (tertiary/aromatic N) is 2. The highest BCUT2D eigenvalue weighted by molar-refractivity contribution is 5.78. The zero-order valence-corrected chi connectivity index (χ0v) is 11.7. The number of nitrogens with one attached hydrogen (secondary N) is 1. The highest BCUT2D eigenvalue weighted by atomic mass is 15.2. The van der Waals surface area contributed by atoms with Crippen molar-refractivity contribution in [3.05, 3.63) is 60.2 Å². The van der Waals surface area contributed by atoms with Gasteiger partial charge in [0.1, 0.15) is 0 Å². The molecule has 3 rings (SSSR count). The van der Waals surface area contributed by atoms with Crippen molar-refractivity contribution in [3.63, 3.8) is 0 Å². The Morgan fingerprint density at radius 1 is 1.00 bits per heavy atom. The Kier molecular flexibility index (Phi) is 3.68. The fraction of sp³-hybridized carbons (Fsp3) is 0.235. The van der Waals surface area contributed by atoms with Crippen molar-refractivity contribution in [3.8, 4) is 0 Å². The smallest absolute Gasteiger partial charge is 0.204 e. The Bertz CT molecular complexity index is 686. The minimum atomic E-state index is 0.841. The normalized spacial score (nSPS) is 10.8. The Hall–Kier alpha value is -2.29. The molecule has 0 saturated carbocycles. The van der Waals surface area contributed by atoms with E-state index in [9.17, 15) is 0 Å². The van der Waals surface area contributed by atoms with Gasteiger partial charge in [0.05, 0.1) is 17.6 Å². The van der Waals surface area contributed by atoms with E-state index in [1.807, 2.05) is 12.1 Å². The number of imidazole rings is 1. The molecule has 0 aliphatic carbocycles. The SMILES string of the molecule is CCCNc1nc2ccccc2n1Cc1ccccc1. The number of fused-ring (bicyclic) bond motifs is 1. The zero-order chi connectivity index (χ0) is 13.8. The van der Waals surface area contributed by atoms with Gasteiger partial charge in [-0.2, -0.15) is 0 Å². The molecule has 3 aromatic rings. The summed E-state index contributed by atoms with van der Waals surface area (Å²) in [5.41, 5.74) is 3.51. The Morgan fingerprint density at radius 3 is 2.55 bits per heavy atom. The lowest BCUT2D eigenvalue weighted by atomic mass is 10.2. The van der Waals surface area contributed by atoms with Gasteiger partial charge in [-0.15, -0.1) is 0 Å². The standard InChI is InChI=1S/C17H19N3/c1-2-12-18-17-19-15-10-6-7-11-16(15)20(17)13-14-8-4-3-5-9-14/h3-11H,2,12-13H2,1H3,(H,18,19). The molecular weight excluding hydrogens is 246 g/mol. The van der Waals surface area contributed by atoms with Crippen LogP contribution in [-0.4, -0.2) is 16.1 Å². The van der Waals surface area contributed by atoms with Crippen molar-refractivity contribution in [2.45, 2.75) is 19.9 Å². The number of hydrogen-bond donors (Lipinski definition) is 1. The van der Waals surface area contributed by atoms with Gasteiger partial charge in [-0.05, 0) is 24.1 Å². The predicted molar refractivity (Wildman–Crippen MR) is 84.1 cm³/mol. The van der Waals surface area contributed by atoms with Crippen molar-refractivity contribution >= 4 is 17.0 Å². The van der Waals surface area contributed by atoms with Crippen LogP contribution < -0.4 is 5.32 Å². The lowest BCUT2D eigenvalue weighted by Crippen LogP contribution is -2.09. The van der Waals surface area contributed by atoms with Crippen LogP contribution in [0.3, 0.4) is 0 Å². The van der Waals surface area contributed by atoms with Crippen LogP contribution in [0, 0.1) is 0 Å². The Morgan fingerprint density at radius 2 is 1.75 bits per heavy atom. The maximum absolute atomic E-state index is 4.70. The van der Waals surface area contributed by atoms with Gasteiger partial charge >= 0.3 is 0 Å². The lowest BCUT2D eigenvalue weighted by molar-refractivity contribution is 0.816. The zero-order valence-electron chi connectivity index (χ0n) is 11.7. The van der Waals surface area contributed by atoms with Crippen LogP contribution in [0.25, 0.3) is 11.0 Å². The molecule has 1 N–H and O–H groups in total. The van der Waals surface area contributed by atoms with Crippen LogP contribution in [-0.2, 0) is 6.54 Å². The highest BCUT2D eigenvalue weighted by Crippen LogP contribution is 2.21. The van der Waals surface area contributed by atoms with Crippen molar-refractivity contribution in [2.24, 2.45) is 0 Å². The molecule has 0 unspecified atom stereocenters. The fourth-order valence-electron chi connectivity index (χ4n) is 2.37. The van der Waals surface area contributed by atoms with Crippen molar-refractivity contribution in [1.29, 1.82) is 0 Å². The third-order valence-electron chi connectivity index (χ3n) is 3.37. The number of rotatable bonds is 5. The molecule has 0 fully saturated rings. The average Bonchev–Trinajstić information content (AvgIpc) is 2.84. The van der Waals surface area contributed by atoms with Crippen LogP contribution >= 0.6 is 0 Å². The summed E-state index contributed by atoms with van der Waals surface area (Å²) in [5.74, 6) is 0.955. The highest BCUT2D eigenvalue weighted by Gasteiger charge is 2.09. The second kappa shape index (κ2) is 5.78. The molecule has 102 valence electrons. The molecule has 3 nitrogen and oxygen atoms in total. The molecule has 0 aliphatic heterocycles. The quantitative estimate of drug-likeness (QED) is 0.758. The fourth-order valence-corrected chi connectivity index (χ4v) is 2.37. The summed E-state index contributed by atoms with van der Waals surface area (Å²) in [5, 5.41) is 3.42. The molecule has 0 saturated heterocycles. The van der Waals surface area contributed by atoms with Crippen LogP contribution in [0.2, 0.25) is 0 Å². The van der Waals surface area contributed by atoms with E-state index in [1.54, 1.807) is 0 Å². The van der Waals surface area contributed by atoms with E-state index in [0.29, 0.717) is 0 Å². The topological polar surface area (TPSA) is 29.9 Å². The molecule has 1 heterocycles. The van der Waals surface area contributed by atoms with Crippen LogP contribution in [0.15, 0.2) is 54.6 Å². The molecule has 1 aromatic heterocycles. The summed E-state index contributed by atoms with van der Waals surface area (Å²) in [4.78, 5) is 4.70. The third-order valence-corrected chi connectivity index (χ3v) is 3.37. The van der Waals surface area contributed by atoms with E-state index in [2.05, 4.69) is 59.3 Å². The molecule has 0 aliphatic rings. The van der Waals surface area contributed by atoms with Crippen LogP contribution in [0.5, 0.6) is 0 Å². The molecule has 20 heavy (non-hydrogen) atoms. The maximum atomic E-state index is 4.70. The number of aromatic nitrogens is 2. The van der Waals surface area contributed by atoms with Crippen LogP contribution in [0.1, 0.15) is 18.9 Å². The number of para-hydroxylation sites is 2. The van der Waals surface area contributed by atoms with Gasteiger partial charge < -0.3 is 9.88 Å². The van der Waals surface area contributed by atoms with E-state index < -0.39 is 0 Å². The first-order valence-electron chi connectivity index (χ1n) is 7.11.